The number of alkyl halides is 1. The molecule has 0 saturated carbocycles. The van der Waals surface area contributed by atoms with E-state index in [4.69, 9.17) is 4.74 Å². The Bertz CT molecular complexity index is 2890. The van der Waals surface area contributed by atoms with Crippen molar-refractivity contribution < 1.29 is 45.5 Å². The third-order valence-corrected chi connectivity index (χ3v) is 14.4. The number of unbranched alkanes of at least 4 members (excludes halogenated alkanes) is 3. The lowest BCUT2D eigenvalue weighted by molar-refractivity contribution is -0.125. The summed E-state index contributed by atoms with van der Waals surface area (Å²) in [6.07, 6.45) is 6.41. The summed E-state index contributed by atoms with van der Waals surface area (Å²) in [5.74, 6) is -4.15. The number of ether oxygens (including phenoxy) is 1. The predicted molar refractivity (Wildman–Crippen MR) is 245 cm³/mol. The number of fused-ring (bicyclic) bond motifs is 2. The van der Waals surface area contributed by atoms with Gasteiger partial charge in [-0.15, -0.1) is 0 Å². The van der Waals surface area contributed by atoms with Crippen molar-refractivity contribution in [3.8, 4) is 16.9 Å². The topological polar surface area (TPSA) is 177 Å². The van der Waals surface area contributed by atoms with E-state index in [0.717, 1.165) is 91.0 Å². The number of piperazine rings is 1. The van der Waals surface area contributed by atoms with Gasteiger partial charge in [-0.25, -0.2) is 18.2 Å². The molecule has 9 rings (SSSR count). The summed E-state index contributed by atoms with van der Waals surface area (Å²) < 4.78 is 78.9. The number of carbonyl (C=O) groups excluding carboxylic acids is 4. The molecule has 3 saturated heterocycles. The minimum Gasteiger partial charge on any atom is -0.494 e. The fourth-order valence-corrected chi connectivity index (χ4v) is 10.4. The van der Waals surface area contributed by atoms with Gasteiger partial charge in [-0.1, -0.05) is 31.6 Å². The number of hydrogen-bond acceptors (Lipinski definition) is 10. The second-order valence-electron chi connectivity index (χ2n) is 17.3. The van der Waals surface area contributed by atoms with E-state index in [-0.39, 0.29) is 24.4 Å². The third-order valence-electron chi connectivity index (χ3n) is 12.9. The summed E-state index contributed by atoms with van der Waals surface area (Å²) in [5.41, 5.74) is 2.20. The number of imide groups is 1. The van der Waals surface area contributed by atoms with Gasteiger partial charge in [-0.2, -0.15) is 12.7 Å². The molecule has 5 aromatic rings. The smallest absolute Gasteiger partial charge is 0.301 e. The van der Waals surface area contributed by atoms with Crippen LogP contribution in [0.3, 0.4) is 0 Å². The summed E-state index contributed by atoms with van der Waals surface area (Å²) in [5, 5.41) is 2.97. The summed E-state index contributed by atoms with van der Waals surface area (Å²) in [6, 6.07) is 15.2. The van der Waals surface area contributed by atoms with Crippen LogP contribution in [0.1, 0.15) is 81.6 Å². The van der Waals surface area contributed by atoms with E-state index in [9.17, 15) is 32.0 Å². The van der Waals surface area contributed by atoms with Gasteiger partial charge < -0.3 is 19.9 Å². The standard InChI is InChI=1S/C48H49F3N8O7S/c1-29-6-15-41(46(61)54-29)59-47(62)35-12-9-33(25-37(35)48(59)63)57-21-19-56(20-22-57)17-4-2-3-5-23-66-34-10-7-30(8-11-34)31-24-36-38(27-53-45(36)52-26-31)44(60)42-39(50)13-14-40(43(42)51)55-67(64,65)58-18-16-32(49)28-58/h7-14,24-27,32,41,55H,1-6,15-23,28H2,(H,52,53)(H,54,61)/t32-,41?/m1/s1. The first-order valence-electron chi connectivity index (χ1n) is 22.4. The highest BCUT2D eigenvalue weighted by Gasteiger charge is 2.44. The Morgan fingerprint density at radius 2 is 1.64 bits per heavy atom. The molecule has 0 bridgehead atoms. The van der Waals surface area contributed by atoms with Crippen molar-refractivity contribution in [1.29, 1.82) is 0 Å². The molecule has 1 unspecified atom stereocenters. The Morgan fingerprint density at radius 1 is 0.881 bits per heavy atom. The van der Waals surface area contributed by atoms with Gasteiger partial charge in [0, 0.05) is 79.6 Å². The SMILES string of the molecule is C=C1CCC(N2C(=O)c3ccc(N4CCN(CCCCCCOc5ccc(-c6cnc7[nH]cc(C(=O)c8c(F)ccc(NS(=O)(=O)N9CC[C@@H](F)C9)c8F)c7c6)cc5)CC4)cc3C2=O)C(=O)N1. The van der Waals surface area contributed by atoms with Gasteiger partial charge in [0.15, 0.2) is 5.82 Å². The number of piperidine rings is 1. The number of benzene rings is 3. The number of nitrogens with one attached hydrogen (secondary N) is 3. The molecular formula is C48H49F3N8O7S. The van der Waals surface area contributed by atoms with Gasteiger partial charge in [0.05, 0.1) is 29.0 Å². The molecule has 350 valence electrons. The number of amides is 3. The maximum absolute atomic E-state index is 15.7. The first kappa shape index (κ1) is 45.6. The molecule has 2 atom stereocenters. The van der Waals surface area contributed by atoms with Crippen molar-refractivity contribution in [2.45, 2.75) is 57.2 Å². The number of nitrogens with zero attached hydrogens (tertiary/aromatic N) is 5. The number of H-pyrrole nitrogens is 1. The van der Waals surface area contributed by atoms with Gasteiger partial charge in [-0.3, -0.25) is 33.7 Å². The lowest BCUT2D eigenvalue weighted by Crippen LogP contribution is -2.51. The molecule has 3 aromatic carbocycles. The highest BCUT2D eigenvalue weighted by Crippen LogP contribution is 2.33. The first-order chi connectivity index (χ1) is 32.3. The number of pyridine rings is 1. The average Bonchev–Trinajstić information content (AvgIpc) is 4.03. The van der Waals surface area contributed by atoms with Crippen LogP contribution in [0.5, 0.6) is 5.75 Å². The third kappa shape index (κ3) is 9.40. The van der Waals surface area contributed by atoms with Crippen LogP contribution in [0.2, 0.25) is 0 Å². The van der Waals surface area contributed by atoms with E-state index in [0.29, 0.717) is 58.6 Å². The van der Waals surface area contributed by atoms with Crippen molar-refractivity contribution in [3.63, 3.8) is 0 Å². The molecule has 0 spiro atoms. The van der Waals surface area contributed by atoms with E-state index in [1.165, 1.54) is 6.20 Å². The van der Waals surface area contributed by atoms with Gasteiger partial charge in [0.1, 0.15) is 29.4 Å². The summed E-state index contributed by atoms with van der Waals surface area (Å²) >= 11 is 0. The number of allylic oxidation sites excluding steroid dienone is 1. The number of rotatable bonds is 16. The maximum Gasteiger partial charge on any atom is 0.301 e. The van der Waals surface area contributed by atoms with E-state index in [1.54, 1.807) is 24.4 Å². The number of aromatic amines is 1. The Balaban J connectivity index is 0.717. The van der Waals surface area contributed by atoms with E-state index < -0.39 is 69.5 Å². The molecule has 2 aromatic heterocycles. The summed E-state index contributed by atoms with van der Waals surface area (Å²) in [4.78, 5) is 65.8. The zero-order valence-electron chi connectivity index (χ0n) is 36.5. The van der Waals surface area contributed by atoms with Crippen LogP contribution < -0.4 is 19.7 Å². The van der Waals surface area contributed by atoms with Gasteiger partial charge in [0.2, 0.25) is 11.7 Å². The van der Waals surface area contributed by atoms with E-state index in [1.807, 2.05) is 35.1 Å². The number of anilines is 2. The molecule has 3 amide bonds. The van der Waals surface area contributed by atoms with Gasteiger partial charge in [0.25, 0.3) is 11.8 Å². The lowest BCUT2D eigenvalue weighted by atomic mass is 10.00. The number of halogens is 3. The molecule has 3 fully saturated rings. The Labute approximate surface area is 385 Å². The fraction of sp³-hybridized carbons (Fsp3) is 0.354. The highest BCUT2D eigenvalue weighted by atomic mass is 32.2. The lowest BCUT2D eigenvalue weighted by Gasteiger charge is -2.36. The molecule has 0 radical (unpaired) electrons. The van der Waals surface area contributed by atoms with Crippen molar-refractivity contribution in [1.82, 2.24) is 29.4 Å². The second-order valence-corrected chi connectivity index (χ2v) is 18.9. The Kier molecular flexibility index (Phi) is 12.9. The van der Waals surface area contributed by atoms with Crippen molar-refractivity contribution in [2.75, 3.05) is 62.0 Å². The van der Waals surface area contributed by atoms with E-state index in [2.05, 4.69) is 31.7 Å². The van der Waals surface area contributed by atoms with Crippen LogP contribution in [-0.2, 0) is 15.0 Å². The number of hydrogen-bond donors (Lipinski definition) is 3. The number of carbonyl (C=O) groups is 4. The van der Waals surface area contributed by atoms with Crippen LogP contribution >= 0.6 is 0 Å². The average molecular weight is 939 g/mol. The van der Waals surface area contributed by atoms with Crippen LogP contribution in [-0.4, -0.2) is 121 Å². The van der Waals surface area contributed by atoms with Crippen LogP contribution in [0.15, 0.2) is 85.3 Å². The molecule has 15 nitrogen and oxygen atoms in total. The van der Waals surface area contributed by atoms with Crippen LogP contribution in [0.25, 0.3) is 22.2 Å². The highest BCUT2D eigenvalue weighted by molar-refractivity contribution is 7.90. The Morgan fingerprint density at radius 3 is 2.39 bits per heavy atom. The van der Waals surface area contributed by atoms with Crippen LogP contribution in [0.4, 0.5) is 24.5 Å². The second kappa shape index (κ2) is 19.0. The first-order valence-corrected chi connectivity index (χ1v) is 23.8. The molecule has 67 heavy (non-hydrogen) atoms. The van der Waals surface area contributed by atoms with Crippen LogP contribution in [0, 0.1) is 11.6 Å². The molecule has 4 aliphatic rings. The van der Waals surface area contributed by atoms with Gasteiger partial charge in [-0.05, 0) is 92.7 Å². The molecule has 0 aliphatic carbocycles. The zero-order valence-corrected chi connectivity index (χ0v) is 37.3. The quantitative estimate of drug-likeness (QED) is 0.0556. The minimum absolute atomic E-state index is 0.00145. The molecular weight excluding hydrogens is 890 g/mol. The largest absolute Gasteiger partial charge is 0.494 e. The number of ketones is 1. The molecule has 19 heteroatoms. The van der Waals surface area contributed by atoms with Gasteiger partial charge >= 0.3 is 10.2 Å². The molecule has 6 heterocycles. The predicted octanol–water partition coefficient (Wildman–Crippen LogP) is 6.59. The zero-order chi connectivity index (χ0) is 47.0. The normalized spacial score (nSPS) is 19.3. The Hall–Kier alpha value is -6.57. The summed E-state index contributed by atoms with van der Waals surface area (Å²) in [6.45, 7) is 8.15. The number of aromatic nitrogens is 2. The fourth-order valence-electron chi connectivity index (χ4n) is 9.12. The van der Waals surface area contributed by atoms with Crippen molar-refractivity contribution in [2.24, 2.45) is 0 Å². The molecule has 4 aliphatic heterocycles. The summed E-state index contributed by atoms with van der Waals surface area (Å²) in [7, 11) is -4.36. The monoisotopic (exact) mass is 938 g/mol. The van der Waals surface area contributed by atoms with Crippen molar-refractivity contribution >= 4 is 56.1 Å². The van der Waals surface area contributed by atoms with E-state index >= 15 is 8.78 Å². The maximum atomic E-state index is 15.7. The molecule has 3 N–H and O–H groups in total. The minimum atomic E-state index is -4.36. The van der Waals surface area contributed by atoms with Crippen molar-refractivity contribution in [3.05, 3.63) is 119 Å².